The third kappa shape index (κ3) is 2.01. The molecule has 0 aliphatic rings. The lowest BCUT2D eigenvalue weighted by atomic mass is 10.2. The normalized spacial score (nSPS) is 11.3. The van der Waals surface area contributed by atoms with Crippen LogP contribution in [-0.4, -0.2) is 30.2 Å². The number of rotatable bonds is 3. The van der Waals surface area contributed by atoms with E-state index < -0.39 is 0 Å². The molecule has 110 valence electrons. The summed E-state index contributed by atoms with van der Waals surface area (Å²) in [6.07, 6.45) is 1.84. The summed E-state index contributed by atoms with van der Waals surface area (Å²) in [5.74, 6) is 0.914. The first-order chi connectivity index (χ1) is 10.7. The molecule has 0 bridgehead atoms. The van der Waals surface area contributed by atoms with E-state index in [0.717, 1.165) is 16.5 Å². The highest BCUT2D eigenvalue weighted by Gasteiger charge is 2.10. The Morgan fingerprint density at radius 1 is 1.32 bits per heavy atom. The van der Waals surface area contributed by atoms with Gasteiger partial charge in [-0.1, -0.05) is 17.3 Å². The maximum absolute atomic E-state index is 5.84. The average Bonchev–Trinajstić information content (AvgIpc) is 3.12. The van der Waals surface area contributed by atoms with Gasteiger partial charge in [-0.05, 0) is 11.6 Å². The van der Waals surface area contributed by atoms with Crippen molar-refractivity contribution in [2.75, 3.05) is 5.73 Å². The van der Waals surface area contributed by atoms with Gasteiger partial charge in [0.2, 0.25) is 0 Å². The number of H-pyrrole nitrogens is 1. The van der Waals surface area contributed by atoms with Crippen molar-refractivity contribution in [2.24, 2.45) is 7.05 Å². The highest BCUT2D eigenvalue weighted by Crippen LogP contribution is 2.24. The number of nitrogen functional groups attached to an aromatic ring is 1. The first-order valence-corrected chi connectivity index (χ1v) is 6.71. The van der Waals surface area contributed by atoms with E-state index in [1.807, 2.05) is 36.1 Å². The Bertz CT molecular complexity index is 972. The zero-order valence-electron chi connectivity index (χ0n) is 11.8. The molecule has 0 fully saturated rings. The number of hydrogen-bond donors (Lipinski definition) is 2. The molecule has 0 spiro atoms. The van der Waals surface area contributed by atoms with Gasteiger partial charge < -0.3 is 10.5 Å². The Labute approximate surface area is 124 Å². The molecule has 0 unspecified atom stereocenters. The van der Waals surface area contributed by atoms with Gasteiger partial charge in [-0.2, -0.15) is 5.10 Å². The number of hydrogen-bond acceptors (Lipinski definition) is 6. The van der Waals surface area contributed by atoms with Gasteiger partial charge >= 0.3 is 0 Å². The minimum atomic E-state index is 0.357. The van der Waals surface area contributed by atoms with Gasteiger partial charge in [0.25, 0.3) is 0 Å². The zero-order chi connectivity index (χ0) is 15.1. The zero-order valence-corrected chi connectivity index (χ0v) is 11.8. The van der Waals surface area contributed by atoms with Gasteiger partial charge in [0.05, 0.1) is 11.7 Å². The van der Waals surface area contributed by atoms with Gasteiger partial charge in [0.15, 0.2) is 16.9 Å². The monoisotopic (exact) mass is 295 g/mol. The summed E-state index contributed by atoms with van der Waals surface area (Å²) in [4.78, 5) is 4.10. The molecule has 0 aliphatic heterocycles. The summed E-state index contributed by atoms with van der Waals surface area (Å²) >= 11 is 0. The number of pyridine rings is 1. The summed E-state index contributed by atoms with van der Waals surface area (Å²) in [6.45, 7) is 0.395. The number of ether oxygens (including phenoxy) is 1. The van der Waals surface area contributed by atoms with Gasteiger partial charge in [-0.15, -0.1) is 5.10 Å². The molecular weight excluding hydrogens is 282 g/mol. The summed E-state index contributed by atoms with van der Waals surface area (Å²) in [6, 6.07) is 7.72. The van der Waals surface area contributed by atoms with Crippen LogP contribution in [0.2, 0.25) is 0 Å². The molecule has 0 atom stereocenters. The fourth-order valence-electron chi connectivity index (χ4n) is 2.38. The van der Waals surface area contributed by atoms with Crippen molar-refractivity contribution < 1.29 is 4.74 Å². The summed E-state index contributed by atoms with van der Waals surface area (Å²) < 4.78 is 7.67. The van der Waals surface area contributed by atoms with E-state index in [0.29, 0.717) is 29.3 Å². The van der Waals surface area contributed by atoms with Crippen molar-refractivity contribution in [1.82, 2.24) is 30.2 Å². The average molecular weight is 295 g/mol. The summed E-state index contributed by atoms with van der Waals surface area (Å²) in [5, 5.41) is 15.7. The number of nitrogens with two attached hydrogens (primary N) is 1. The van der Waals surface area contributed by atoms with Crippen molar-refractivity contribution in [2.45, 2.75) is 6.61 Å². The lowest BCUT2D eigenvalue weighted by Crippen LogP contribution is -1.99. The Balaban J connectivity index is 1.65. The third-order valence-electron chi connectivity index (χ3n) is 3.49. The minimum absolute atomic E-state index is 0.357. The third-order valence-corrected chi connectivity index (χ3v) is 3.49. The Hall–Kier alpha value is -3.16. The van der Waals surface area contributed by atoms with Crippen LogP contribution in [0.15, 0.2) is 30.5 Å². The molecule has 0 amide bonds. The Morgan fingerprint density at radius 2 is 2.23 bits per heavy atom. The predicted molar refractivity (Wildman–Crippen MR) is 81.1 cm³/mol. The number of nitrogens with one attached hydrogen (secondary N) is 1. The lowest BCUT2D eigenvalue weighted by Gasteiger charge is -2.07. The van der Waals surface area contributed by atoms with Gasteiger partial charge in [0, 0.05) is 18.5 Å². The number of anilines is 1. The fraction of sp³-hybridized carbons (Fsp3) is 0.143. The van der Waals surface area contributed by atoms with Crippen LogP contribution >= 0.6 is 0 Å². The standard InChI is InChI=1S/C14H13N7O/c1-21-10-4-8(2-3-9(10)6-16-21)7-22-11-5-12(15)17-14-13(11)18-20-19-14/h2-6H,7H2,1H3,(H3,15,17,18,19,20). The molecule has 1 aromatic carbocycles. The fourth-order valence-corrected chi connectivity index (χ4v) is 2.38. The molecule has 22 heavy (non-hydrogen) atoms. The predicted octanol–water partition coefficient (Wildman–Crippen LogP) is 1.40. The molecule has 8 nitrogen and oxygen atoms in total. The Morgan fingerprint density at radius 3 is 3.14 bits per heavy atom. The lowest BCUT2D eigenvalue weighted by molar-refractivity contribution is 0.309. The molecule has 3 N–H and O–H groups in total. The molecule has 3 aromatic heterocycles. The van der Waals surface area contributed by atoms with E-state index in [9.17, 15) is 0 Å². The summed E-state index contributed by atoms with van der Waals surface area (Å²) in [7, 11) is 1.91. The first kappa shape index (κ1) is 12.6. The van der Waals surface area contributed by atoms with Gasteiger partial charge in [-0.25, -0.2) is 10.1 Å². The van der Waals surface area contributed by atoms with E-state index in [1.165, 1.54) is 0 Å². The maximum atomic E-state index is 5.84. The van der Waals surface area contributed by atoms with Gasteiger partial charge in [-0.3, -0.25) is 4.68 Å². The van der Waals surface area contributed by atoms with Crippen LogP contribution < -0.4 is 10.5 Å². The molecule has 0 radical (unpaired) electrons. The second kappa shape index (κ2) is 4.69. The highest BCUT2D eigenvalue weighted by molar-refractivity contribution is 5.80. The van der Waals surface area contributed by atoms with Crippen LogP contribution in [0.4, 0.5) is 5.82 Å². The molecule has 4 rings (SSSR count). The summed E-state index contributed by atoms with van der Waals surface area (Å²) in [5.41, 5.74) is 8.92. The highest BCUT2D eigenvalue weighted by atomic mass is 16.5. The molecule has 0 saturated heterocycles. The SMILES string of the molecule is Cn1ncc2ccc(COc3cc(N)nc4[nH]nnc34)cc21. The molecule has 4 aromatic rings. The van der Waals surface area contributed by atoms with E-state index in [2.05, 4.69) is 25.5 Å². The van der Waals surface area contributed by atoms with Crippen LogP contribution in [0.3, 0.4) is 0 Å². The molecular formula is C14H13N7O. The van der Waals surface area contributed by atoms with Crippen LogP contribution in [0.5, 0.6) is 5.75 Å². The second-order valence-electron chi connectivity index (χ2n) is 5.00. The Kier molecular flexibility index (Phi) is 2.68. The van der Waals surface area contributed by atoms with E-state index in [-0.39, 0.29) is 0 Å². The topological polar surface area (TPSA) is 108 Å². The smallest absolute Gasteiger partial charge is 0.181 e. The van der Waals surface area contributed by atoms with Crippen LogP contribution in [-0.2, 0) is 13.7 Å². The quantitative estimate of drug-likeness (QED) is 0.591. The van der Waals surface area contributed by atoms with Crippen molar-refractivity contribution in [3.8, 4) is 5.75 Å². The minimum Gasteiger partial charge on any atom is -0.486 e. The first-order valence-electron chi connectivity index (χ1n) is 6.71. The van der Waals surface area contributed by atoms with E-state index in [4.69, 9.17) is 10.5 Å². The molecule has 3 heterocycles. The van der Waals surface area contributed by atoms with Crippen molar-refractivity contribution >= 4 is 27.9 Å². The van der Waals surface area contributed by atoms with Crippen LogP contribution in [0.25, 0.3) is 22.1 Å². The van der Waals surface area contributed by atoms with E-state index in [1.54, 1.807) is 6.07 Å². The van der Waals surface area contributed by atoms with Crippen molar-refractivity contribution in [3.05, 3.63) is 36.0 Å². The number of aromatic nitrogens is 6. The van der Waals surface area contributed by atoms with Crippen molar-refractivity contribution in [3.63, 3.8) is 0 Å². The number of fused-ring (bicyclic) bond motifs is 2. The second-order valence-corrected chi connectivity index (χ2v) is 5.00. The van der Waals surface area contributed by atoms with Crippen LogP contribution in [0, 0.1) is 0 Å². The number of aromatic amines is 1. The number of aryl methyl sites for hydroxylation is 1. The molecule has 8 heteroatoms. The number of benzene rings is 1. The molecule has 0 saturated carbocycles. The molecule has 0 aliphatic carbocycles. The van der Waals surface area contributed by atoms with Gasteiger partial charge in [0.1, 0.15) is 12.4 Å². The number of nitrogens with zero attached hydrogens (tertiary/aromatic N) is 5. The van der Waals surface area contributed by atoms with Crippen LogP contribution in [0.1, 0.15) is 5.56 Å². The van der Waals surface area contributed by atoms with E-state index >= 15 is 0 Å². The largest absolute Gasteiger partial charge is 0.486 e. The van der Waals surface area contributed by atoms with Crippen molar-refractivity contribution in [1.29, 1.82) is 0 Å². The maximum Gasteiger partial charge on any atom is 0.181 e.